The van der Waals surface area contributed by atoms with Crippen LogP contribution in [0.2, 0.25) is 0 Å². The van der Waals surface area contributed by atoms with Crippen LogP contribution in [-0.4, -0.2) is 32.7 Å². The molecule has 8 heteroatoms. The Morgan fingerprint density at radius 2 is 1.68 bits per heavy atom. The fraction of sp³-hybridized carbons (Fsp3) is 0.133. The number of halogens is 1. The third-order valence-corrected chi connectivity index (χ3v) is 7.32. The van der Waals surface area contributed by atoms with Gasteiger partial charge in [-0.1, -0.05) is 54.6 Å². The van der Waals surface area contributed by atoms with Crippen molar-refractivity contribution in [2.75, 3.05) is 0 Å². The van der Waals surface area contributed by atoms with E-state index in [1.807, 2.05) is 43.5 Å². The van der Waals surface area contributed by atoms with E-state index < -0.39 is 0 Å². The van der Waals surface area contributed by atoms with E-state index in [-0.39, 0.29) is 0 Å². The summed E-state index contributed by atoms with van der Waals surface area (Å²) >= 11 is 2.39. The monoisotopic (exact) mass is 611 g/mol. The molecule has 6 aromatic rings. The third-order valence-electron chi connectivity index (χ3n) is 6.64. The zero-order chi connectivity index (χ0) is 26.1. The van der Waals surface area contributed by atoms with Crippen LogP contribution in [-0.2, 0) is 13.1 Å². The number of hydrogen-bond donors (Lipinski definition) is 1. The van der Waals surface area contributed by atoms with Crippen molar-refractivity contribution in [2.24, 2.45) is 0 Å². The number of aromatic amines is 1. The summed E-state index contributed by atoms with van der Waals surface area (Å²) in [6, 6.07) is 27.1. The second-order valence-electron chi connectivity index (χ2n) is 9.29. The molecule has 0 aliphatic carbocycles. The van der Waals surface area contributed by atoms with Crippen LogP contribution in [0.3, 0.4) is 0 Å². The molecule has 0 atom stereocenters. The van der Waals surface area contributed by atoms with E-state index in [0.29, 0.717) is 6.54 Å². The lowest BCUT2D eigenvalue weighted by atomic mass is 9.96. The Bertz CT molecular complexity index is 1720. The Morgan fingerprint density at radius 1 is 0.842 bits per heavy atom. The number of benzene rings is 2. The van der Waals surface area contributed by atoms with Gasteiger partial charge in [0.15, 0.2) is 5.65 Å². The fourth-order valence-electron chi connectivity index (χ4n) is 4.72. The Labute approximate surface area is 235 Å². The van der Waals surface area contributed by atoms with E-state index in [1.54, 1.807) is 10.8 Å². The second-order valence-corrected chi connectivity index (χ2v) is 10.7. The van der Waals surface area contributed by atoms with Gasteiger partial charge in [0.25, 0.3) is 0 Å². The molecule has 4 aromatic heterocycles. The van der Waals surface area contributed by atoms with Gasteiger partial charge in [-0.25, -0.2) is 17.6 Å². The summed E-state index contributed by atoms with van der Waals surface area (Å²) in [5.74, 6) is 0.878. The first-order valence-corrected chi connectivity index (χ1v) is 13.4. The molecular weight excluding hydrogens is 585 g/mol. The van der Waals surface area contributed by atoms with Crippen LogP contribution >= 0.6 is 22.9 Å². The molecule has 0 bridgehead atoms. The summed E-state index contributed by atoms with van der Waals surface area (Å²) < 4.78 is 4.02. The first-order valence-electron chi connectivity index (χ1n) is 12.4. The molecule has 7 nitrogen and oxygen atoms in total. The second kappa shape index (κ2) is 10.5. The number of fused-ring (bicyclic) bond motifs is 1. The molecule has 0 amide bonds. The van der Waals surface area contributed by atoms with Crippen LogP contribution in [0.25, 0.3) is 39.4 Å². The predicted octanol–water partition coefficient (Wildman–Crippen LogP) is 6.82. The van der Waals surface area contributed by atoms with Crippen molar-refractivity contribution in [3.05, 3.63) is 114 Å². The number of nitrogens with one attached hydrogen (secondary N) is 1. The first kappa shape index (κ1) is 24.4. The fourth-order valence-corrected chi connectivity index (χ4v) is 5.41. The lowest BCUT2D eigenvalue weighted by Crippen LogP contribution is -2.12. The molecule has 0 spiro atoms. The minimum atomic E-state index is 0.653. The van der Waals surface area contributed by atoms with Crippen molar-refractivity contribution in [2.45, 2.75) is 26.9 Å². The van der Waals surface area contributed by atoms with Gasteiger partial charge in [-0.3, -0.25) is 4.98 Å². The van der Waals surface area contributed by atoms with E-state index in [4.69, 9.17) is 9.97 Å². The Balaban J connectivity index is 1.31. The maximum atomic E-state index is 5.04. The van der Waals surface area contributed by atoms with Crippen molar-refractivity contribution in [1.82, 2.24) is 32.7 Å². The SMILES string of the molecule is Cc1cccc(-c2[nH]c(CN(I)Cc3cccc(-c4ccccc4)c3C)nc2-c2ccc3ncnn3c2)n1. The van der Waals surface area contributed by atoms with Crippen molar-refractivity contribution in [3.63, 3.8) is 0 Å². The number of H-pyrrole nitrogens is 1. The van der Waals surface area contributed by atoms with Gasteiger partial charge in [0, 0.05) is 46.9 Å². The quantitative estimate of drug-likeness (QED) is 0.159. The largest absolute Gasteiger partial charge is 0.339 e. The van der Waals surface area contributed by atoms with Gasteiger partial charge in [0.2, 0.25) is 0 Å². The molecule has 0 fully saturated rings. The van der Waals surface area contributed by atoms with Gasteiger partial charge in [-0.2, -0.15) is 5.10 Å². The Hall–Kier alpha value is -3.89. The van der Waals surface area contributed by atoms with Gasteiger partial charge in [0.05, 0.1) is 23.6 Å². The van der Waals surface area contributed by atoms with Crippen LogP contribution in [0.5, 0.6) is 0 Å². The minimum Gasteiger partial charge on any atom is -0.339 e. The van der Waals surface area contributed by atoms with Crippen LogP contribution in [0.15, 0.2) is 91.4 Å². The molecule has 2 aromatic carbocycles. The van der Waals surface area contributed by atoms with Crippen LogP contribution in [0.4, 0.5) is 0 Å². The minimum absolute atomic E-state index is 0.653. The average molecular weight is 611 g/mol. The zero-order valence-electron chi connectivity index (χ0n) is 21.1. The molecular formula is C30H26IN7. The van der Waals surface area contributed by atoms with Crippen LogP contribution in [0, 0.1) is 13.8 Å². The Kier molecular flexibility index (Phi) is 6.73. The van der Waals surface area contributed by atoms with Gasteiger partial charge in [-0.15, -0.1) is 0 Å². The summed E-state index contributed by atoms with van der Waals surface area (Å²) in [6.07, 6.45) is 3.52. The van der Waals surface area contributed by atoms with E-state index >= 15 is 0 Å². The normalized spacial score (nSPS) is 11.5. The molecule has 0 aliphatic rings. The highest BCUT2D eigenvalue weighted by molar-refractivity contribution is 14.1. The summed E-state index contributed by atoms with van der Waals surface area (Å²) in [4.78, 5) is 17.6. The number of imidazole rings is 1. The number of hydrogen-bond acceptors (Lipinski definition) is 5. The van der Waals surface area contributed by atoms with Gasteiger partial charge < -0.3 is 4.98 Å². The molecule has 38 heavy (non-hydrogen) atoms. The molecule has 0 aliphatic heterocycles. The smallest absolute Gasteiger partial charge is 0.155 e. The Morgan fingerprint density at radius 3 is 2.53 bits per heavy atom. The van der Waals surface area contributed by atoms with Crippen molar-refractivity contribution >= 4 is 28.5 Å². The lowest BCUT2D eigenvalue weighted by molar-refractivity contribution is 0.488. The number of nitrogens with zero attached hydrogens (tertiary/aromatic N) is 6. The van der Waals surface area contributed by atoms with Crippen molar-refractivity contribution < 1.29 is 0 Å². The summed E-state index contributed by atoms with van der Waals surface area (Å²) in [5, 5.41) is 4.30. The van der Waals surface area contributed by atoms with Crippen LogP contribution < -0.4 is 0 Å². The highest BCUT2D eigenvalue weighted by atomic mass is 127. The maximum absolute atomic E-state index is 5.04. The van der Waals surface area contributed by atoms with E-state index in [0.717, 1.165) is 46.4 Å². The topological polar surface area (TPSA) is 75.0 Å². The molecule has 0 unspecified atom stereocenters. The van der Waals surface area contributed by atoms with Gasteiger partial charge in [-0.05, 0) is 60.4 Å². The van der Waals surface area contributed by atoms with Gasteiger partial charge >= 0.3 is 0 Å². The van der Waals surface area contributed by atoms with E-state index in [1.165, 1.54) is 22.3 Å². The molecule has 4 heterocycles. The summed E-state index contributed by atoms with van der Waals surface area (Å²) in [5.41, 5.74) is 10.4. The molecule has 1 N–H and O–H groups in total. The molecule has 6 rings (SSSR count). The number of aromatic nitrogens is 6. The van der Waals surface area contributed by atoms with Crippen molar-refractivity contribution in [3.8, 4) is 33.8 Å². The summed E-state index contributed by atoms with van der Waals surface area (Å²) in [6.45, 7) is 5.65. The number of aryl methyl sites for hydroxylation is 1. The average Bonchev–Trinajstić information content (AvgIpc) is 3.57. The predicted molar refractivity (Wildman–Crippen MR) is 158 cm³/mol. The van der Waals surface area contributed by atoms with Crippen molar-refractivity contribution in [1.29, 1.82) is 0 Å². The molecule has 0 radical (unpaired) electrons. The standard InChI is InChI=1S/C30H26IN7/c1-20-8-6-13-26(34-20)30-29(24-14-15-28-32-19-33-38(28)17-24)35-27(36-30)18-37(31)16-23-11-7-12-25(21(23)2)22-9-4-3-5-10-22/h3-15,17,19H,16,18H2,1-2H3,(H,35,36). The first-order chi connectivity index (χ1) is 18.5. The van der Waals surface area contributed by atoms with Crippen LogP contribution in [0.1, 0.15) is 22.6 Å². The molecule has 0 saturated heterocycles. The third kappa shape index (κ3) is 4.97. The number of rotatable bonds is 7. The molecule has 0 saturated carbocycles. The van der Waals surface area contributed by atoms with E-state index in [9.17, 15) is 0 Å². The van der Waals surface area contributed by atoms with Gasteiger partial charge in [0.1, 0.15) is 12.2 Å². The molecule has 188 valence electrons. The number of pyridine rings is 2. The summed E-state index contributed by atoms with van der Waals surface area (Å²) in [7, 11) is 0. The highest BCUT2D eigenvalue weighted by Gasteiger charge is 2.18. The van der Waals surface area contributed by atoms with E-state index in [2.05, 4.69) is 96.5 Å². The zero-order valence-corrected chi connectivity index (χ0v) is 23.3. The lowest BCUT2D eigenvalue weighted by Gasteiger charge is -2.17. The maximum Gasteiger partial charge on any atom is 0.155 e. The highest BCUT2D eigenvalue weighted by Crippen LogP contribution is 2.31.